The van der Waals surface area contributed by atoms with Gasteiger partial charge in [0.15, 0.2) is 5.78 Å². The Kier molecular flexibility index (Phi) is 4.84. The van der Waals surface area contributed by atoms with E-state index in [1.54, 1.807) is 0 Å². The Hall–Kier alpha value is -1.96. The zero-order chi connectivity index (χ0) is 17.2. The van der Waals surface area contributed by atoms with Crippen molar-refractivity contribution in [1.82, 2.24) is 4.90 Å². The van der Waals surface area contributed by atoms with Crippen LogP contribution in [-0.4, -0.2) is 53.6 Å². The molecule has 0 bridgehead atoms. The van der Waals surface area contributed by atoms with Crippen molar-refractivity contribution in [3.8, 4) is 0 Å². The smallest absolute Gasteiger partial charge is 0.411 e. The Labute approximate surface area is 143 Å². The molecule has 2 atom stereocenters. The van der Waals surface area contributed by atoms with Crippen LogP contribution in [0.3, 0.4) is 0 Å². The van der Waals surface area contributed by atoms with E-state index in [4.69, 9.17) is 25.8 Å². The molecule has 1 aromatic carbocycles. The molecule has 7 nitrogen and oxygen atoms in total. The first-order chi connectivity index (χ1) is 11.6. The molecule has 1 aromatic rings. The maximum atomic E-state index is 12.1. The molecule has 2 aliphatic rings. The molecule has 2 unspecified atom stereocenters. The van der Waals surface area contributed by atoms with Gasteiger partial charge in [-0.05, 0) is 5.56 Å². The van der Waals surface area contributed by atoms with E-state index in [2.05, 4.69) is 0 Å². The highest BCUT2D eigenvalue weighted by molar-refractivity contribution is 6.28. The lowest BCUT2D eigenvalue weighted by Gasteiger charge is -2.36. The number of alkyl halides is 1. The Bertz CT molecular complexity index is 651. The minimum atomic E-state index is -1.47. The fraction of sp³-hybridized carbons (Fsp3) is 0.438. The number of hydrogen-bond donors (Lipinski definition) is 0. The van der Waals surface area contributed by atoms with Crippen molar-refractivity contribution in [3.05, 3.63) is 35.9 Å². The molecule has 8 heteroatoms. The predicted molar refractivity (Wildman–Crippen MR) is 82.2 cm³/mol. The summed E-state index contributed by atoms with van der Waals surface area (Å²) < 4.78 is 16.4. The van der Waals surface area contributed by atoms with E-state index in [0.717, 1.165) is 10.5 Å². The maximum absolute atomic E-state index is 12.1. The third kappa shape index (κ3) is 3.15. The molecule has 2 fully saturated rings. The highest BCUT2D eigenvalue weighted by Gasteiger charge is 2.60. The molecule has 3 rings (SSSR count). The molecule has 128 valence electrons. The number of amides is 2. The van der Waals surface area contributed by atoms with E-state index >= 15 is 0 Å². The van der Waals surface area contributed by atoms with Gasteiger partial charge in [-0.15, -0.1) is 11.6 Å². The van der Waals surface area contributed by atoms with Crippen LogP contribution < -0.4 is 0 Å². The second kappa shape index (κ2) is 6.88. The Morgan fingerprint density at radius 1 is 1.33 bits per heavy atom. The number of nitrogens with zero attached hydrogens (tertiary/aromatic N) is 1. The number of halogens is 1. The molecule has 0 spiro atoms. The van der Waals surface area contributed by atoms with Crippen LogP contribution >= 0.6 is 11.6 Å². The number of ether oxygens (including phenoxy) is 3. The number of imide groups is 1. The first-order valence-corrected chi connectivity index (χ1v) is 7.97. The van der Waals surface area contributed by atoms with Gasteiger partial charge in [0.2, 0.25) is 5.91 Å². The van der Waals surface area contributed by atoms with Crippen LogP contribution in [0.25, 0.3) is 0 Å². The maximum Gasteiger partial charge on any atom is 0.419 e. The standard InChI is InChI=1S/C16H16ClNO6/c17-7-14(20)18-13-6-12(19)9-23-16(13,24-15(18)21)10-22-8-11-4-2-1-3-5-11/h1-5,13H,6-10H2. The third-order valence-electron chi connectivity index (χ3n) is 3.97. The van der Waals surface area contributed by atoms with Gasteiger partial charge in [0, 0.05) is 6.42 Å². The van der Waals surface area contributed by atoms with E-state index in [-0.39, 0.29) is 37.9 Å². The van der Waals surface area contributed by atoms with Gasteiger partial charge in [-0.25, -0.2) is 9.69 Å². The molecule has 2 heterocycles. The molecule has 2 amide bonds. The number of carbonyl (C=O) groups excluding carboxylic acids is 3. The van der Waals surface area contributed by atoms with E-state index in [1.807, 2.05) is 30.3 Å². The lowest BCUT2D eigenvalue weighted by molar-refractivity contribution is -0.238. The largest absolute Gasteiger partial charge is 0.419 e. The summed E-state index contributed by atoms with van der Waals surface area (Å²) in [6.45, 7) is 0.00660. The molecule has 2 saturated heterocycles. The summed E-state index contributed by atoms with van der Waals surface area (Å²) in [5.41, 5.74) is 0.940. The minimum Gasteiger partial charge on any atom is -0.411 e. The number of Topliss-reactive ketones (excluding diaryl/α,β-unsaturated/α-hetero) is 1. The van der Waals surface area contributed by atoms with Crippen LogP contribution in [0.4, 0.5) is 4.79 Å². The highest BCUT2D eigenvalue weighted by atomic mass is 35.5. The van der Waals surface area contributed by atoms with Gasteiger partial charge in [-0.3, -0.25) is 9.59 Å². The molecule has 0 N–H and O–H groups in total. The monoisotopic (exact) mass is 353 g/mol. The average molecular weight is 354 g/mol. The van der Waals surface area contributed by atoms with Gasteiger partial charge in [0.25, 0.3) is 5.79 Å². The quantitative estimate of drug-likeness (QED) is 0.746. The van der Waals surface area contributed by atoms with Crippen molar-refractivity contribution < 1.29 is 28.6 Å². The lowest BCUT2D eigenvalue weighted by atomic mass is 9.98. The van der Waals surface area contributed by atoms with Gasteiger partial charge < -0.3 is 14.2 Å². The topological polar surface area (TPSA) is 82.1 Å². The summed E-state index contributed by atoms with van der Waals surface area (Å²) in [5, 5.41) is 0. The number of carbonyl (C=O) groups is 3. The van der Waals surface area contributed by atoms with Crippen LogP contribution in [0.15, 0.2) is 30.3 Å². The number of rotatable bonds is 5. The van der Waals surface area contributed by atoms with E-state index in [0.29, 0.717) is 0 Å². The summed E-state index contributed by atoms with van der Waals surface area (Å²) >= 11 is 5.54. The Morgan fingerprint density at radius 3 is 2.79 bits per heavy atom. The average Bonchev–Trinajstić information content (AvgIpc) is 2.87. The zero-order valence-electron chi connectivity index (χ0n) is 12.8. The number of benzene rings is 1. The molecular formula is C16H16ClNO6. The lowest BCUT2D eigenvalue weighted by Crippen LogP contribution is -2.57. The zero-order valence-corrected chi connectivity index (χ0v) is 13.5. The fourth-order valence-electron chi connectivity index (χ4n) is 2.83. The summed E-state index contributed by atoms with van der Waals surface area (Å²) in [4.78, 5) is 36.5. The van der Waals surface area contributed by atoms with E-state index in [1.165, 1.54) is 0 Å². The van der Waals surface area contributed by atoms with Crippen LogP contribution in [-0.2, 0) is 30.4 Å². The first kappa shape index (κ1) is 16.9. The van der Waals surface area contributed by atoms with Crippen molar-refractivity contribution in [3.63, 3.8) is 0 Å². The van der Waals surface area contributed by atoms with Crippen LogP contribution in [0.1, 0.15) is 12.0 Å². The summed E-state index contributed by atoms with van der Waals surface area (Å²) in [5.74, 6) is -2.71. The van der Waals surface area contributed by atoms with Crippen molar-refractivity contribution in [2.45, 2.75) is 24.9 Å². The second-order valence-corrected chi connectivity index (χ2v) is 5.87. The van der Waals surface area contributed by atoms with Crippen molar-refractivity contribution in [2.75, 3.05) is 19.1 Å². The Morgan fingerprint density at radius 2 is 2.08 bits per heavy atom. The molecular weight excluding hydrogens is 338 g/mol. The normalized spacial score (nSPS) is 26.2. The van der Waals surface area contributed by atoms with E-state index in [9.17, 15) is 14.4 Å². The summed E-state index contributed by atoms with van der Waals surface area (Å²) in [6.07, 6.45) is -0.910. The second-order valence-electron chi connectivity index (χ2n) is 5.60. The highest BCUT2D eigenvalue weighted by Crippen LogP contribution is 2.37. The molecule has 0 aliphatic carbocycles. The minimum absolute atomic E-state index is 0.0386. The number of ketones is 1. The molecule has 24 heavy (non-hydrogen) atoms. The van der Waals surface area contributed by atoms with Crippen LogP contribution in [0.5, 0.6) is 0 Å². The number of fused-ring (bicyclic) bond motifs is 1. The van der Waals surface area contributed by atoms with Gasteiger partial charge in [0.1, 0.15) is 25.1 Å². The fourth-order valence-corrected chi connectivity index (χ4v) is 2.96. The van der Waals surface area contributed by atoms with Crippen molar-refractivity contribution in [2.24, 2.45) is 0 Å². The SMILES string of the molecule is O=C1COC2(COCc3ccccc3)OC(=O)N(C(=O)CCl)C2C1. The van der Waals surface area contributed by atoms with Crippen molar-refractivity contribution in [1.29, 1.82) is 0 Å². The molecule has 0 radical (unpaired) electrons. The first-order valence-electron chi connectivity index (χ1n) is 7.44. The molecule has 2 aliphatic heterocycles. The number of hydrogen-bond acceptors (Lipinski definition) is 6. The van der Waals surface area contributed by atoms with Crippen LogP contribution in [0.2, 0.25) is 0 Å². The van der Waals surface area contributed by atoms with E-state index < -0.39 is 23.8 Å². The molecule has 0 saturated carbocycles. The van der Waals surface area contributed by atoms with Gasteiger partial charge in [-0.1, -0.05) is 30.3 Å². The van der Waals surface area contributed by atoms with Crippen LogP contribution in [0, 0.1) is 0 Å². The summed E-state index contributed by atoms with van der Waals surface area (Å²) in [6, 6.07) is 8.57. The van der Waals surface area contributed by atoms with Gasteiger partial charge in [0.05, 0.1) is 6.61 Å². The van der Waals surface area contributed by atoms with Gasteiger partial charge >= 0.3 is 6.09 Å². The Balaban J connectivity index is 1.74. The third-order valence-corrected chi connectivity index (χ3v) is 4.20. The van der Waals surface area contributed by atoms with Gasteiger partial charge in [-0.2, -0.15) is 0 Å². The summed E-state index contributed by atoms with van der Waals surface area (Å²) in [7, 11) is 0. The predicted octanol–water partition coefficient (Wildman–Crippen LogP) is 1.48. The molecule has 0 aromatic heterocycles. The van der Waals surface area contributed by atoms with Crippen molar-refractivity contribution >= 4 is 29.4 Å².